The second-order valence-corrected chi connectivity index (χ2v) is 3.38. The monoisotopic (exact) mass is 233 g/mol. The van der Waals surface area contributed by atoms with Crippen molar-refractivity contribution in [3.63, 3.8) is 0 Å². The van der Waals surface area contributed by atoms with Gasteiger partial charge in [0.1, 0.15) is 16.6 Å². The van der Waals surface area contributed by atoms with Gasteiger partial charge in [-0.3, -0.25) is 4.79 Å². The molecule has 0 amide bonds. The number of carbonyl (C=O) groups is 1. The molecule has 82 valence electrons. The fourth-order valence-electron chi connectivity index (χ4n) is 1.14. The summed E-state index contributed by atoms with van der Waals surface area (Å²) in [7, 11) is 0. The van der Waals surface area contributed by atoms with Crippen LogP contribution in [-0.4, -0.2) is 16.2 Å². The third kappa shape index (κ3) is 2.57. The molecule has 15 heavy (non-hydrogen) atoms. The first kappa shape index (κ1) is 11.7. The molecule has 0 saturated carbocycles. The third-order valence-electron chi connectivity index (χ3n) is 1.89. The van der Waals surface area contributed by atoms with E-state index in [9.17, 15) is 9.18 Å². The molecular weight excluding hydrogens is 225 g/mol. The van der Waals surface area contributed by atoms with E-state index in [1.165, 1.54) is 12.1 Å². The molecule has 0 saturated heterocycles. The zero-order valence-corrected chi connectivity index (χ0v) is 8.33. The lowest BCUT2D eigenvalue weighted by Gasteiger charge is -2.11. The summed E-state index contributed by atoms with van der Waals surface area (Å²) in [5.41, 5.74) is 5.43. The van der Waals surface area contributed by atoms with E-state index in [0.717, 1.165) is 0 Å². The van der Waals surface area contributed by atoms with Crippen molar-refractivity contribution in [2.24, 2.45) is 5.73 Å². The SMILES string of the molecule is NC(CC(=O)O)c1ccc(O)c(Cl)c1F. The molecule has 0 aromatic heterocycles. The van der Waals surface area contributed by atoms with Gasteiger partial charge in [0.15, 0.2) is 0 Å². The number of aliphatic carboxylic acids is 1. The van der Waals surface area contributed by atoms with E-state index in [1.807, 2.05) is 0 Å². The normalized spacial score (nSPS) is 12.5. The zero-order chi connectivity index (χ0) is 11.6. The number of carboxylic acids is 1. The number of rotatable bonds is 3. The summed E-state index contributed by atoms with van der Waals surface area (Å²) in [5.74, 6) is -2.42. The first-order valence-electron chi connectivity index (χ1n) is 4.07. The molecule has 0 aliphatic heterocycles. The molecule has 4 nitrogen and oxygen atoms in total. The molecule has 0 aliphatic carbocycles. The van der Waals surface area contributed by atoms with E-state index in [4.69, 9.17) is 27.5 Å². The summed E-state index contributed by atoms with van der Waals surface area (Å²) >= 11 is 5.44. The highest BCUT2D eigenvalue weighted by molar-refractivity contribution is 6.32. The largest absolute Gasteiger partial charge is 0.506 e. The number of hydrogen-bond donors (Lipinski definition) is 3. The summed E-state index contributed by atoms with van der Waals surface area (Å²) in [6, 6.07) is 1.40. The molecule has 4 N–H and O–H groups in total. The van der Waals surface area contributed by atoms with Crippen LogP contribution in [0, 0.1) is 5.82 Å². The molecule has 1 aromatic carbocycles. The lowest BCUT2D eigenvalue weighted by atomic mass is 10.0. The topological polar surface area (TPSA) is 83.6 Å². The summed E-state index contributed by atoms with van der Waals surface area (Å²) < 4.78 is 13.4. The van der Waals surface area contributed by atoms with Gasteiger partial charge in [-0.1, -0.05) is 17.7 Å². The number of carboxylic acid groups (broad SMARTS) is 1. The molecule has 0 heterocycles. The Hall–Kier alpha value is -1.33. The number of phenols is 1. The number of benzene rings is 1. The standard InChI is InChI=1S/C9H9ClFNO3/c10-8-6(13)2-1-4(9(8)11)5(12)3-7(14)15/h1-2,5,13H,3,12H2,(H,14,15). The van der Waals surface area contributed by atoms with Crippen LogP contribution in [0.15, 0.2) is 12.1 Å². The average molecular weight is 234 g/mol. The van der Waals surface area contributed by atoms with Crippen LogP contribution in [0.2, 0.25) is 5.02 Å². The van der Waals surface area contributed by atoms with Crippen molar-refractivity contribution >= 4 is 17.6 Å². The first-order chi connectivity index (χ1) is 6.93. The van der Waals surface area contributed by atoms with E-state index >= 15 is 0 Å². The van der Waals surface area contributed by atoms with Gasteiger partial charge < -0.3 is 15.9 Å². The molecule has 1 atom stereocenters. The van der Waals surface area contributed by atoms with Crippen LogP contribution in [0.25, 0.3) is 0 Å². The molecule has 1 rings (SSSR count). The summed E-state index contributed by atoms with van der Waals surface area (Å²) in [4.78, 5) is 10.4. The van der Waals surface area contributed by atoms with Crippen LogP contribution in [-0.2, 0) is 4.79 Å². The minimum Gasteiger partial charge on any atom is -0.506 e. The van der Waals surface area contributed by atoms with Crippen molar-refractivity contribution in [1.29, 1.82) is 0 Å². The van der Waals surface area contributed by atoms with Crippen LogP contribution < -0.4 is 5.73 Å². The van der Waals surface area contributed by atoms with Gasteiger partial charge in [0.2, 0.25) is 0 Å². The smallest absolute Gasteiger partial charge is 0.305 e. The fraction of sp³-hybridized carbons (Fsp3) is 0.222. The molecule has 6 heteroatoms. The van der Waals surface area contributed by atoms with Gasteiger partial charge in [0.05, 0.1) is 6.42 Å². The third-order valence-corrected chi connectivity index (χ3v) is 2.25. The van der Waals surface area contributed by atoms with Gasteiger partial charge in [-0.2, -0.15) is 0 Å². The Labute approximate surface area is 90.1 Å². The van der Waals surface area contributed by atoms with E-state index in [-0.39, 0.29) is 5.56 Å². The average Bonchev–Trinajstić information content (AvgIpc) is 2.13. The van der Waals surface area contributed by atoms with Crippen LogP contribution in [0.3, 0.4) is 0 Å². The first-order valence-corrected chi connectivity index (χ1v) is 4.45. The Balaban J connectivity index is 3.05. The fourth-order valence-corrected chi connectivity index (χ4v) is 1.31. The van der Waals surface area contributed by atoms with E-state index in [0.29, 0.717) is 0 Å². The molecule has 0 spiro atoms. The second kappa shape index (κ2) is 4.46. The van der Waals surface area contributed by atoms with Crippen LogP contribution >= 0.6 is 11.6 Å². The lowest BCUT2D eigenvalue weighted by molar-refractivity contribution is -0.137. The maximum atomic E-state index is 13.4. The van der Waals surface area contributed by atoms with Crippen molar-refractivity contribution in [2.75, 3.05) is 0 Å². The Morgan fingerprint density at radius 3 is 2.73 bits per heavy atom. The molecule has 0 aliphatic rings. The minimum atomic E-state index is -1.13. The maximum Gasteiger partial charge on any atom is 0.305 e. The van der Waals surface area contributed by atoms with Crippen molar-refractivity contribution < 1.29 is 19.4 Å². The molecule has 1 unspecified atom stereocenters. The molecule has 0 fully saturated rings. The highest BCUT2D eigenvalue weighted by Crippen LogP contribution is 2.31. The van der Waals surface area contributed by atoms with Crippen LogP contribution in [0.1, 0.15) is 18.0 Å². The molecule has 0 bridgehead atoms. The van der Waals surface area contributed by atoms with Gasteiger partial charge in [0, 0.05) is 11.6 Å². The Morgan fingerprint density at radius 1 is 1.60 bits per heavy atom. The summed E-state index contributed by atoms with van der Waals surface area (Å²) in [5, 5.41) is 17.1. The summed E-state index contributed by atoms with van der Waals surface area (Å²) in [6.45, 7) is 0. The molecular formula is C9H9ClFNO3. The quantitative estimate of drug-likeness (QED) is 0.741. The van der Waals surface area contributed by atoms with Crippen molar-refractivity contribution in [3.05, 3.63) is 28.5 Å². The number of phenolic OH excluding ortho intramolecular Hbond substituents is 1. The number of halogens is 2. The molecule has 1 aromatic rings. The van der Waals surface area contributed by atoms with Crippen LogP contribution in [0.4, 0.5) is 4.39 Å². The van der Waals surface area contributed by atoms with Gasteiger partial charge in [-0.05, 0) is 6.07 Å². The van der Waals surface area contributed by atoms with Gasteiger partial charge in [0.25, 0.3) is 0 Å². The van der Waals surface area contributed by atoms with Gasteiger partial charge in [-0.25, -0.2) is 4.39 Å². The number of hydrogen-bond acceptors (Lipinski definition) is 3. The minimum absolute atomic E-state index is 0.0276. The number of aromatic hydroxyl groups is 1. The Morgan fingerprint density at radius 2 is 2.20 bits per heavy atom. The Kier molecular flexibility index (Phi) is 3.49. The lowest BCUT2D eigenvalue weighted by Crippen LogP contribution is -2.16. The highest BCUT2D eigenvalue weighted by Gasteiger charge is 2.18. The van der Waals surface area contributed by atoms with Crippen molar-refractivity contribution in [1.82, 2.24) is 0 Å². The van der Waals surface area contributed by atoms with E-state index < -0.39 is 35.0 Å². The zero-order valence-electron chi connectivity index (χ0n) is 7.58. The van der Waals surface area contributed by atoms with E-state index in [2.05, 4.69) is 0 Å². The van der Waals surface area contributed by atoms with Crippen molar-refractivity contribution in [2.45, 2.75) is 12.5 Å². The molecule has 0 radical (unpaired) electrons. The number of nitrogens with two attached hydrogens (primary N) is 1. The summed E-state index contributed by atoms with van der Waals surface area (Å²) in [6.07, 6.45) is -0.405. The highest BCUT2D eigenvalue weighted by atomic mass is 35.5. The Bertz CT molecular complexity index is 397. The van der Waals surface area contributed by atoms with Gasteiger partial charge >= 0.3 is 5.97 Å². The van der Waals surface area contributed by atoms with Crippen molar-refractivity contribution in [3.8, 4) is 5.75 Å². The maximum absolute atomic E-state index is 13.4. The predicted octanol–water partition coefficient (Wildman–Crippen LogP) is 1.66. The predicted molar refractivity (Wildman–Crippen MR) is 52.3 cm³/mol. The van der Waals surface area contributed by atoms with Gasteiger partial charge in [-0.15, -0.1) is 0 Å². The van der Waals surface area contributed by atoms with Crippen LogP contribution in [0.5, 0.6) is 5.75 Å². The second-order valence-electron chi connectivity index (χ2n) is 3.01. The van der Waals surface area contributed by atoms with E-state index in [1.54, 1.807) is 0 Å².